The van der Waals surface area contributed by atoms with E-state index in [-0.39, 0.29) is 12.4 Å². The molecule has 0 aliphatic heterocycles. The monoisotopic (exact) mass is 215 g/mol. The van der Waals surface area contributed by atoms with Crippen molar-refractivity contribution >= 4 is 0 Å². The van der Waals surface area contributed by atoms with Crippen molar-refractivity contribution in [3.63, 3.8) is 0 Å². The molecule has 2 rings (SSSR count). The number of para-hydroxylation sites is 1. The molecule has 3 heteroatoms. The van der Waals surface area contributed by atoms with Crippen molar-refractivity contribution in [2.24, 2.45) is 0 Å². The van der Waals surface area contributed by atoms with E-state index in [1.165, 1.54) is 0 Å². The van der Waals surface area contributed by atoms with Gasteiger partial charge < -0.3 is 10.2 Å². The van der Waals surface area contributed by atoms with Gasteiger partial charge in [0, 0.05) is 16.8 Å². The molecule has 1 aromatic carbocycles. The van der Waals surface area contributed by atoms with Gasteiger partial charge >= 0.3 is 0 Å². The quantitative estimate of drug-likeness (QED) is 0.807. The summed E-state index contributed by atoms with van der Waals surface area (Å²) in [6, 6.07) is 10.8. The Labute approximate surface area is 94.0 Å². The lowest BCUT2D eigenvalue weighted by Gasteiger charge is -2.09. The van der Waals surface area contributed by atoms with Crippen LogP contribution in [-0.2, 0) is 6.61 Å². The van der Waals surface area contributed by atoms with E-state index in [0.717, 1.165) is 11.3 Å². The van der Waals surface area contributed by atoms with Gasteiger partial charge in [-0.3, -0.25) is 4.98 Å². The molecule has 0 aliphatic rings. The van der Waals surface area contributed by atoms with Crippen molar-refractivity contribution in [2.75, 3.05) is 0 Å². The highest BCUT2D eigenvalue weighted by Gasteiger charge is 2.09. The summed E-state index contributed by atoms with van der Waals surface area (Å²) in [6.07, 6.45) is 0. The molecule has 0 spiro atoms. The zero-order chi connectivity index (χ0) is 11.5. The first-order chi connectivity index (χ1) is 7.72. The van der Waals surface area contributed by atoms with Gasteiger partial charge in [-0.1, -0.05) is 24.3 Å². The van der Waals surface area contributed by atoms with Crippen molar-refractivity contribution in [1.82, 2.24) is 4.98 Å². The molecule has 0 bridgehead atoms. The van der Waals surface area contributed by atoms with Gasteiger partial charge in [0.25, 0.3) is 0 Å². The number of phenols is 1. The Balaban J connectivity index is 2.60. The summed E-state index contributed by atoms with van der Waals surface area (Å²) in [6.45, 7) is 1.74. The van der Waals surface area contributed by atoms with Gasteiger partial charge in [0.1, 0.15) is 5.75 Å². The molecular formula is C13H13NO2. The fraction of sp³-hybridized carbons (Fsp3) is 0.154. The molecule has 0 amide bonds. The first-order valence-electron chi connectivity index (χ1n) is 5.08. The van der Waals surface area contributed by atoms with Crippen LogP contribution in [0.2, 0.25) is 0 Å². The number of benzene rings is 1. The molecule has 0 radical (unpaired) electrons. The minimum atomic E-state index is -0.134. The third-order valence-corrected chi connectivity index (χ3v) is 2.46. The predicted octanol–water partition coefficient (Wildman–Crippen LogP) is 2.25. The van der Waals surface area contributed by atoms with Crippen molar-refractivity contribution < 1.29 is 10.2 Å². The fourth-order valence-corrected chi connectivity index (χ4v) is 1.68. The molecular weight excluding hydrogens is 202 g/mol. The Bertz CT molecular complexity index is 509. The summed E-state index contributed by atoms with van der Waals surface area (Å²) in [5.74, 6) is 0.197. The maximum atomic E-state index is 9.74. The first-order valence-corrected chi connectivity index (χ1v) is 5.08. The van der Waals surface area contributed by atoms with E-state index in [2.05, 4.69) is 4.98 Å². The molecule has 1 heterocycles. The van der Waals surface area contributed by atoms with E-state index >= 15 is 0 Å². The zero-order valence-electron chi connectivity index (χ0n) is 9.01. The second-order valence-corrected chi connectivity index (χ2v) is 3.62. The standard InChI is InChI=1S/C13H13NO2/c1-9-6-7-10(12(8-15)14-9)11-4-2-3-5-13(11)16/h2-7,15-16H,8H2,1H3. The van der Waals surface area contributed by atoms with E-state index < -0.39 is 0 Å². The average Bonchev–Trinajstić information content (AvgIpc) is 2.30. The Hall–Kier alpha value is -1.87. The second-order valence-electron chi connectivity index (χ2n) is 3.62. The molecule has 1 aromatic heterocycles. The van der Waals surface area contributed by atoms with E-state index in [9.17, 15) is 10.2 Å². The number of rotatable bonds is 2. The van der Waals surface area contributed by atoms with Crippen LogP contribution in [-0.4, -0.2) is 15.2 Å². The van der Waals surface area contributed by atoms with Crippen LogP contribution in [0.5, 0.6) is 5.75 Å². The van der Waals surface area contributed by atoms with Gasteiger partial charge in [0.2, 0.25) is 0 Å². The van der Waals surface area contributed by atoms with Crippen LogP contribution in [0.25, 0.3) is 11.1 Å². The minimum Gasteiger partial charge on any atom is -0.507 e. The number of hydrogen-bond donors (Lipinski definition) is 2. The topological polar surface area (TPSA) is 53.4 Å². The molecule has 16 heavy (non-hydrogen) atoms. The number of hydrogen-bond acceptors (Lipinski definition) is 3. The molecule has 2 N–H and O–H groups in total. The van der Waals surface area contributed by atoms with Crippen LogP contribution in [0.4, 0.5) is 0 Å². The van der Waals surface area contributed by atoms with Crippen LogP contribution < -0.4 is 0 Å². The van der Waals surface area contributed by atoms with Crippen LogP contribution in [0, 0.1) is 6.92 Å². The lowest BCUT2D eigenvalue weighted by molar-refractivity contribution is 0.277. The third-order valence-electron chi connectivity index (χ3n) is 2.46. The highest BCUT2D eigenvalue weighted by molar-refractivity contribution is 5.71. The summed E-state index contributed by atoms with van der Waals surface area (Å²) in [4.78, 5) is 4.25. The molecule has 0 atom stereocenters. The van der Waals surface area contributed by atoms with Crippen molar-refractivity contribution in [2.45, 2.75) is 13.5 Å². The maximum absolute atomic E-state index is 9.74. The summed E-state index contributed by atoms with van der Waals surface area (Å²) < 4.78 is 0. The number of aromatic hydroxyl groups is 1. The van der Waals surface area contributed by atoms with Gasteiger partial charge in [-0.25, -0.2) is 0 Å². The largest absolute Gasteiger partial charge is 0.507 e. The van der Waals surface area contributed by atoms with Gasteiger partial charge in [-0.05, 0) is 19.1 Å². The number of nitrogens with zero attached hydrogens (tertiary/aromatic N) is 1. The number of aliphatic hydroxyl groups excluding tert-OH is 1. The molecule has 0 unspecified atom stereocenters. The predicted molar refractivity (Wildman–Crippen MR) is 62.0 cm³/mol. The Morgan fingerprint density at radius 1 is 1.06 bits per heavy atom. The number of pyridine rings is 1. The van der Waals surface area contributed by atoms with E-state index in [1.54, 1.807) is 18.2 Å². The number of phenolic OH excluding ortho intramolecular Hbond substituents is 1. The smallest absolute Gasteiger partial charge is 0.123 e. The molecule has 0 saturated heterocycles. The van der Waals surface area contributed by atoms with Crippen molar-refractivity contribution in [3.8, 4) is 16.9 Å². The Kier molecular flexibility index (Phi) is 2.88. The zero-order valence-corrected chi connectivity index (χ0v) is 9.01. The minimum absolute atomic E-state index is 0.134. The number of aryl methyl sites for hydroxylation is 1. The van der Waals surface area contributed by atoms with Crippen molar-refractivity contribution in [1.29, 1.82) is 0 Å². The lowest BCUT2D eigenvalue weighted by atomic mass is 10.0. The second kappa shape index (κ2) is 4.33. The molecule has 0 aliphatic carbocycles. The Morgan fingerprint density at radius 3 is 2.50 bits per heavy atom. The number of aromatic nitrogens is 1. The summed E-state index contributed by atoms with van der Waals surface area (Å²) >= 11 is 0. The highest BCUT2D eigenvalue weighted by atomic mass is 16.3. The number of aliphatic hydroxyl groups is 1. The van der Waals surface area contributed by atoms with Crippen LogP contribution >= 0.6 is 0 Å². The van der Waals surface area contributed by atoms with Gasteiger partial charge in [0.15, 0.2) is 0 Å². The summed E-state index contributed by atoms with van der Waals surface area (Å²) in [5, 5.41) is 19.0. The average molecular weight is 215 g/mol. The summed E-state index contributed by atoms with van der Waals surface area (Å²) in [7, 11) is 0. The Morgan fingerprint density at radius 2 is 1.81 bits per heavy atom. The van der Waals surface area contributed by atoms with Crippen LogP contribution in [0.15, 0.2) is 36.4 Å². The van der Waals surface area contributed by atoms with E-state index in [4.69, 9.17) is 0 Å². The van der Waals surface area contributed by atoms with Gasteiger partial charge in [-0.2, -0.15) is 0 Å². The van der Waals surface area contributed by atoms with Crippen LogP contribution in [0.1, 0.15) is 11.4 Å². The van der Waals surface area contributed by atoms with Crippen molar-refractivity contribution in [3.05, 3.63) is 47.8 Å². The molecule has 82 valence electrons. The summed E-state index contributed by atoms with van der Waals surface area (Å²) in [5.41, 5.74) is 2.90. The molecule has 3 nitrogen and oxygen atoms in total. The molecule has 0 saturated carbocycles. The van der Waals surface area contributed by atoms with E-state index in [1.807, 2.05) is 25.1 Å². The van der Waals surface area contributed by atoms with Crippen LogP contribution in [0.3, 0.4) is 0 Å². The SMILES string of the molecule is Cc1ccc(-c2ccccc2O)c(CO)n1. The maximum Gasteiger partial charge on any atom is 0.123 e. The first kappa shape index (κ1) is 10.6. The van der Waals surface area contributed by atoms with Gasteiger partial charge in [-0.15, -0.1) is 0 Å². The normalized spacial score (nSPS) is 10.4. The van der Waals surface area contributed by atoms with E-state index in [0.29, 0.717) is 11.3 Å². The van der Waals surface area contributed by atoms with Gasteiger partial charge in [0.05, 0.1) is 12.3 Å². The molecule has 0 fully saturated rings. The lowest BCUT2D eigenvalue weighted by Crippen LogP contribution is -1.96. The molecule has 2 aromatic rings. The highest BCUT2D eigenvalue weighted by Crippen LogP contribution is 2.30. The fourth-order valence-electron chi connectivity index (χ4n) is 1.68. The third kappa shape index (κ3) is 1.90.